The maximum absolute atomic E-state index is 11.3. The Kier molecular flexibility index (Phi) is 4.16. The van der Waals surface area contributed by atoms with Gasteiger partial charge in [0.15, 0.2) is 0 Å². The van der Waals surface area contributed by atoms with Crippen LogP contribution in [-0.4, -0.2) is 27.4 Å². The molecule has 1 heterocycles. The van der Waals surface area contributed by atoms with Crippen LogP contribution in [0.1, 0.15) is 64.9 Å². The molecular formula is C25H33NO2. The fourth-order valence-corrected chi connectivity index (χ4v) is 7.65. The van der Waals surface area contributed by atoms with E-state index in [2.05, 4.69) is 37.9 Å². The first-order valence-electron chi connectivity index (χ1n) is 11.0. The molecule has 0 aromatic carbocycles. The number of aliphatic hydroxyl groups excluding tert-OH is 2. The van der Waals surface area contributed by atoms with Crippen molar-refractivity contribution in [2.24, 2.45) is 28.6 Å². The van der Waals surface area contributed by atoms with Gasteiger partial charge in [0.05, 0.1) is 12.2 Å². The highest BCUT2D eigenvalue weighted by atomic mass is 16.3. The van der Waals surface area contributed by atoms with E-state index in [9.17, 15) is 10.2 Å². The van der Waals surface area contributed by atoms with Gasteiger partial charge in [-0.2, -0.15) is 0 Å². The van der Waals surface area contributed by atoms with E-state index in [1.54, 1.807) is 0 Å². The van der Waals surface area contributed by atoms with Gasteiger partial charge in [0.1, 0.15) is 0 Å². The Labute approximate surface area is 168 Å². The normalized spacial score (nSPS) is 45.2. The summed E-state index contributed by atoms with van der Waals surface area (Å²) in [6, 6.07) is 4.24. The zero-order valence-corrected chi connectivity index (χ0v) is 17.4. The lowest BCUT2D eigenvalue weighted by Crippen LogP contribution is -2.54. The van der Waals surface area contributed by atoms with Crippen LogP contribution in [0.2, 0.25) is 0 Å². The highest BCUT2D eigenvalue weighted by Gasteiger charge is 2.59. The van der Waals surface area contributed by atoms with Crippen LogP contribution in [0.3, 0.4) is 0 Å². The molecule has 4 aliphatic carbocycles. The minimum Gasteiger partial charge on any atom is -0.393 e. The molecule has 2 fully saturated rings. The first-order valence-corrected chi connectivity index (χ1v) is 11.0. The van der Waals surface area contributed by atoms with Crippen molar-refractivity contribution in [1.29, 1.82) is 0 Å². The Morgan fingerprint density at radius 1 is 1.04 bits per heavy atom. The quantitative estimate of drug-likeness (QED) is 0.692. The van der Waals surface area contributed by atoms with E-state index in [0.29, 0.717) is 17.8 Å². The predicted molar refractivity (Wildman–Crippen MR) is 111 cm³/mol. The largest absolute Gasteiger partial charge is 0.393 e. The summed E-state index contributed by atoms with van der Waals surface area (Å²) in [5.41, 5.74) is 5.80. The number of hydrogen-bond donors (Lipinski definition) is 2. The lowest BCUT2D eigenvalue weighted by atomic mass is 9.46. The van der Waals surface area contributed by atoms with Crippen LogP contribution >= 0.6 is 0 Å². The van der Waals surface area contributed by atoms with Gasteiger partial charge in [0.25, 0.3) is 0 Å². The van der Waals surface area contributed by atoms with Crippen LogP contribution in [0.5, 0.6) is 0 Å². The van der Waals surface area contributed by atoms with Crippen LogP contribution in [-0.2, 0) is 0 Å². The maximum atomic E-state index is 11.3. The third-order valence-corrected chi connectivity index (χ3v) is 8.97. The zero-order valence-electron chi connectivity index (χ0n) is 17.4. The molecule has 0 spiro atoms. The Bertz CT molecular complexity index is 843. The molecule has 1 aromatic heterocycles. The number of nitrogens with zero attached hydrogens (tertiary/aromatic N) is 1. The second kappa shape index (κ2) is 6.27. The van der Waals surface area contributed by atoms with Crippen LogP contribution < -0.4 is 0 Å². The van der Waals surface area contributed by atoms with Gasteiger partial charge in [0, 0.05) is 12.4 Å². The van der Waals surface area contributed by atoms with Gasteiger partial charge < -0.3 is 10.2 Å². The SMILES string of the molecule is CC1=C(c2cccnc2)C2(C)CCC3C(C(O)C=C4CC(O)CCC43C)C2C1. The fraction of sp³-hybridized carbons (Fsp3) is 0.640. The number of aliphatic hydroxyl groups is 2. The molecule has 7 unspecified atom stereocenters. The van der Waals surface area contributed by atoms with Gasteiger partial charge in [0.2, 0.25) is 0 Å². The van der Waals surface area contributed by atoms with E-state index in [0.717, 1.165) is 32.1 Å². The van der Waals surface area contributed by atoms with Crippen molar-refractivity contribution in [3.8, 4) is 0 Å². The molecule has 28 heavy (non-hydrogen) atoms. The molecule has 2 saturated carbocycles. The number of rotatable bonds is 1. The summed E-state index contributed by atoms with van der Waals surface area (Å²) in [4.78, 5) is 4.38. The average molecular weight is 380 g/mol. The van der Waals surface area contributed by atoms with Gasteiger partial charge in [-0.25, -0.2) is 0 Å². The highest BCUT2D eigenvalue weighted by molar-refractivity contribution is 5.75. The summed E-state index contributed by atoms with van der Waals surface area (Å²) >= 11 is 0. The minimum atomic E-state index is -0.385. The number of fused-ring (bicyclic) bond motifs is 5. The number of hydrogen-bond acceptors (Lipinski definition) is 3. The van der Waals surface area contributed by atoms with Crippen LogP contribution in [0, 0.1) is 28.6 Å². The molecule has 1 aromatic rings. The van der Waals surface area contributed by atoms with Crippen LogP contribution in [0.15, 0.2) is 41.7 Å². The number of pyridine rings is 1. The second-order valence-electron chi connectivity index (χ2n) is 10.3. The summed E-state index contributed by atoms with van der Waals surface area (Å²) in [5.74, 6) is 1.32. The van der Waals surface area contributed by atoms with Crippen molar-refractivity contribution in [2.45, 2.75) is 71.5 Å². The summed E-state index contributed by atoms with van der Waals surface area (Å²) in [5, 5.41) is 21.5. The van der Waals surface area contributed by atoms with E-state index in [1.165, 1.54) is 28.7 Å². The molecule has 0 saturated heterocycles. The Hall–Kier alpha value is -1.45. The van der Waals surface area contributed by atoms with Crippen molar-refractivity contribution in [1.82, 2.24) is 4.98 Å². The van der Waals surface area contributed by atoms with E-state index >= 15 is 0 Å². The van der Waals surface area contributed by atoms with E-state index in [4.69, 9.17) is 0 Å². The van der Waals surface area contributed by atoms with Crippen LogP contribution in [0.25, 0.3) is 5.57 Å². The molecule has 0 aliphatic heterocycles. The molecule has 2 N–H and O–H groups in total. The van der Waals surface area contributed by atoms with Crippen LogP contribution in [0.4, 0.5) is 0 Å². The molecule has 0 bridgehead atoms. The van der Waals surface area contributed by atoms with Gasteiger partial charge in [-0.1, -0.05) is 37.1 Å². The van der Waals surface area contributed by atoms with Gasteiger partial charge in [-0.05, 0) is 91.2 Å². The predicted octanol–water partition coefficient (Wildman–Crippen LogP) is 4.76. The summed E-state index contributed by atoms with van der Waals surface area (Å²) in [6.45, 7) is 7.13. The smallest absolute Gasteiger partial charge is 0.0757 e. The number of allylic oxidation sites excluding steroid dienone is 2. The Balaban J connectivity index is 1.55. The molecule has 0 radical (unpaired) electrons. The second-order valence-corrected chi connectivity index (χ2v) is 10.3. The summed E-state index contributed by atoms with van der Waals surface area (Å²) in [7, 11) is 0. The first-order chi connectivity index (χ1) is 13.3. The van der Waals surface area contributed by atoms with Gasteiger partial charge >= 0.3 is 0 Å². The van der Waals surface area contributed by atoms with Gasteiger partial charge in [-0.3, -0.25) is 4.98 Å². The third-order valence-electron chi connectivity index (χ3n) is 8.97. The van der Waals surface area contributed by atoms with Crippen molar-refractivity contribution in [2.75, 3.05) is 0 Å². The molecule has 3 nitrogen and oxygen atoms in total. The lowest BCUT2D eigenvalue weighted by Gasteiger charge is -2.58. The van der Waals surface area contributed by atoms with E-state index < -0.39 is 0 Å². The topological polar surface area (TPSA) is 53.4 Å². The summed E-state index contributed by atoms with van der Waals surface area (Å²) in [6.07, 6.45) is 11.5. The maximum Gasteiger partial charge on any atom is 0.0757 e. The first kappa shape index (κ1) is 18.6. The minimum absolute atomic E-state index is 0.116. The molecular weight excluding hydrogens is 346 g/mol. The molecule has 5 rings (SSSR count). The van der Waals surface area contributed by atoms with Gasteiger partial charge in [-0.15, -0.1) is 0 Å². The molecule has 7 atom stereocenters. The average Bonchev–Trinajstić information content (AvgIpc) is 2.94. The van der Waals surface area contributed by atoms with Crippen molar-refractivity contribution >= 4 is 5.57 Å². The Morgan fingerprint density at radius 2 is 1.82 bits per heavy atom. The Morgan fingerprint density at radius 3 is 2.57 bits per heavy atom. The fourth-order valence-electron chi connectivity index (χ4n) is 7.65. The summed E-state index contributed by atoms with van der Waals surface area (Å²) < 4.78 is 0. The number of aromatic nitrogens is 1. The monoisotopic (exact) mass is 379 g/mol. The molecule has 150 valence electrons. The third kappa shape index (κ3) is 2.45. The van der Waals surface area contributed by atoms with Crippen molar-refractivity contribution < 1.29 is 10.2 Å². The standard InChI is InChI=1S/C25H33NO2/c1-15-11-20-22-19(24(2)8-6-18(27)12-17(24)13-21(22)28)7-9-25(20,3)23(15)16-5-4-10-26-14-16/h4-5,10,13-14,18-22,27-28H,6-9,11-12H2,1-3H3. The molecule has 4 aliphatic rings. The molecule has 3 heteroatoms. The lowest BCUT2D eigenvalue weighted by molar-refractivity contribution is -0.0733. The zero-order chi connectivity index (χ0) is 19.7. The molecule has 0 amide bonds. The van der Waals surface area contributed by atoms with Crippen molar-refractivity contribution in [3.63, 3.8) is 0 Å². The highest BCUT2D eigenvalue weighted by Crippen LogP contribution is 2.67. The van der Waals surface area contributed by atoms with E-state index in [-0.39, 0.29) is 23.0 Å². The van der Waals surface area contributed by atoms with E-state index in [1.807, 2.05) is 18.5 Å². The van der Waals surface area contributed by atoms with Crippen molar-refractivity contribution in [3.05, 3.63) is 47.3 Å².